The molecule has 1 aromatic heterocycles. The van der Waals surface area contributed by atoms with Crippen molar-refractivity contribution in [1.82, 2.24) is 9.55 Å². The fourth-order valence-corrected chi connectivity index (χ4v) is 3.25. The molecule has 0 saturated carbocycles. The summed E-state index contributed by atoms with van der Waals surface area (Å²) >= 11 is 0. The van der Waals surface area contributed by atoms with Gasteiger partial charge < -0.3 is 14.8 Å². The number of fused-ring (bicyclic) bond motifs is 1. The molecule has 3 aromatic carbocycles. The van der Waals surface area contributed by atoms with Gasteiger partial charge in [-0.3, -0.25) is 4.79 Å². The Morgan fingerprint density at radius 1 is 0.933 bits per heavy atom. The predicted octanol–water partition coefficient (Wildman–Crippen LogP) is 4.19. The molecule has 0 fully saturated rings. The minimum atomic E-state index is -0.113. The number of rotatable bonds is 7. The summed E-state index contributed by atoms with van der Waals surface area (Å²) in [5.74, 6) is 1.83. The van der Waals surface area contributed by atoms with Crippen LogP contribution in [0.25, 0.3) is 16.6 Å². The largest absolute Gasteiger partial charge is 0.493 e. The predicted molar refractivity (Wildman–Crippen MR) is 119 cm³/mol. The number of aromatic nitrogens is 2. The number of nitrogens with zero attached hydrogens (tertiary/aromatic N) is 2. The van der Waals surface area contributed by atoms with Crippen LogP contribution in [0.4, 0.5) is 5.95 Å². The number of nitrogens with one attached hydrogen (secondary N) is 1. The Bertz CT molecular complexity index is 1220. The number of hydrogen-bond acceptors (Lipinski definition) is 5. The average Bonchev–Trinajstić information content (AvgIpc) is 2.78. The van der Waals surface area contributed by atoms with Crippen LogP contribution in [0, 0.1) is 6.92 Å². The number of hydrogen-bond donors (Lipinski definition) is 1. The van der Waals surface area contributed by atoms with E-state index in [1.54, 1.807) is 17.7 Å². The highest BCUT2D eigenvalue weighted by molar-refractivity contribution is 5.79. The van der Waals surface area contributed by atoms with Crippen LogP contribution < -0.4 is 20.3 Å². The lowest BCUT2D eigenvalue weighted by molar-refractivity contribution is 0.305. The van der Waals surface area contributed by atoms with Crippen LogP contribution in [0.15, 0.2) is 77.6 Å². The molecule has 0 aliphatic carbocycles. The van der Waals surface area contributed by atoms with Crippen LogP contribution in [0.5, 0.6) is 11.5 Å². The van der Waals surface area contributed by atoms with Crippen LogP contribution >= 0.6 is 0 Å². The van der Waals surface area contributed by atoms with Gasteiger partial charge in [-0.1, -0.05) is 42.0 Å². The molecule has 6 heteroatoms. The van der Waals surface area contributed by atoms with E-state index in [1.165, 1.54) is 0 Å². The van der Waals surface area contributed by atoms with E-state index in [0.717, 1.165) is 11.3 Å². The fraction of sp³-hybridized carbons (Fsp3) is 0.167. The Labute approximate surface area is 174 Å². The first-order valence-corrected chi connectivity index (χ1v) is 9.76. The van der Waals surface area contributed by atoms with E-state index in [0.29, 0.717) is 41.5 Å². The van der Waals surface area contributed by atoms with Gasteiger partial charge >= 0.3 is 0 Å². The zero-order valence-electron chi connectivity index (χ0n) is 17.0. The van der Waals surface area contributed by atoms with Crippen molar-refractivity contribution in [3.05, 3.63) is 88.7 Å². The minimum absolute atomic E-state index is 0.113. The molecule has 0 bridgehead atoms. The fourth-order valence-electron chi connectivity index (χ4n) is 3.25. The van der Waals surface area contributed by atoms with Crippen molar-refractivity contribution < 1.29 is 9.47 Å². The first kappa shape index (κ1) is 19.5. The smallest absolute Gasteiger partial charge is 0.267 e. The van der Waals surface area contributed by atoms with Crippen LogP contribution in [-0.2, 0) is 0 Å². The van der Waals surface area contributed by atoms with E-state index in [1.807, 2.05) is 73.7 Å². The number of aryl methyl sites for hydroxylation is 1. The molecule has 152 valence electrons. The second-order valence-electron chi connectivity index (χ2n) is 6.85. The van der Waals surface area contributed by atoms with Gasteiger partial charge in [0.2, 0.25) is 5.95 Å². The molecule has 0 radical (unpaired) electrons. The Morgan fingerprint density at radius 3 is 2.40 bits per heavy atom. The van der Waals surface area contributed by atoms with Crippen molar-refractivity contribution >= 4 is 16.9 Å². The summed E-state index contributed by atoms with van der Waals surface area (Å²) in [4.78, 5) is 17.9. The molecule has 30 heavy (non-hydrogen) atoms. The van der Waals surface area contributed by atoms with Crippen LogP contribution in [0.3, 0.4) is 0 Å². The average molecular weight is 401 g/mol. The molecule has 4 rings (SSSR count). The monoisotopic (exact) mass is 401 g/mol. The number of benzene rings is 3. The third-order valence-corrected chi connectivity index (χ3v) is 4.78. The number of methoxy groups -OCH3 is 1. The summed E-state index contributed by atoms with van der Waals surface area (Å²) in [6.07, 6.45) is 0. The maximum absolute atomic E-state index is 13.2. The van der Waals surface area contributed by atoms with Crippen LogP contribution in [-0.4, -0.2) is 29.8 Å². The molecule has 0 unspecified atom stereocenters. The SMILES string of the molecule is COc1ccccc1OCCNc1nc2ccccc2c(=O)n1-c1ccc(C)cc1. The van der Waals surface area contributed by atoms with Gasteiger partial charge in [-0.2, -0.15) is 0 Å². The van der Waals surface area contributed by atoms with E-state index in [2.05, 4.69) is 10.3 Å². The van der Waals surface area contributed by atoms with Gasteiger partial charge in [-0.05, 0) is 43.3 Å². The molecule has 0 amide bonds. The van der Waals surface area contributed by atoms with Crippen molar-refractivity contribution in [2.24, 2.45) is 0 Å². The molecule has 0 aliphatic heterocycles. The molecule has 0 saturated heterocycles. The number of anilines is 1. The van der Waals surface area contributed by atoms with E-state index < -0.39 is 0 Å². The Hall–Kier alpha value is -3.80. The zero-order valence-corrected chi connectivity index (χ0v) is 17.0. The summed E-state index contributed by atoms with van der Waals surface area (Å²) in [6, 6.07) is 22.6. The minimum Gasteiger partial charge on any atom is -0.493 e. The summed E-state index contributed by atoms with van der Waals surface area (Å²) in [6.45, 7) is 2.87. The van der Waals surface area contributed by atoms with Gasteiger partial charge in [0.05, 0.1) is 30.2 Å². The second-order valence-corrected chi connectivity index (χ2v) is 6.85. The molecular formula is C24H23N3O3. The van der Waals surface area contributed by atoms with E-state index in [-0.39, 0.29) is 5.56 Å². The van der Waals surface area contributed by atoms with Gasteiger partial charge in [-0.25, -0.2) is 9.55 Å². The standard InChI is InChI=1S/C24H23N3O3/c1-17-11-13-18(14-12-17)27-23(28)19-7-3-4-8-20(19)26-24(27)25-15-16-30-22-10-6-5-9-21(22)29-2/h3-14H,15-16H2,1-2H3,(H,25,26). The lowest BCUT2D eigenvalue weighted by Gasteiger charge is -2.16. The van der Waals surface area contributed by atoms with Gasteiger partial charge in [-0.15, -0.1) is 0 Å². The Kier molecular flexibility index (Phi) is 5.66. The summed E-state index contributed by atoms with van der Waals surface area (Å²) < 4.78 is 12.7. The van der Waals surface area contributed by atoms with Crippen molar-refractivity contribution in [3.8, 4) is 17.2 Å². The van der Waals surface area contributed by atoms with Crippen molar-refractivity contribution in [3.63, 3.8) is 0 Å². The lowest BCUT2D eigenvalue weighted by Crippen LogP contribution is -2.25. The van der Waals surface area contributed by atoms with Crippen molar-refractivity contribution in [2.75, 3.05) is 25.6 Å². The molecule has 0 atom stereocenters. The maximum atomic E-state index is 13.2. The van der Waals surface area contributed by atoms with Gasteiger partial charge in [0.25, 0.3) is 5.56 Å². The highest BCUT2D eigenvalue weighted by Crippen LogP contribution is 2.25. The molecule has 0 spiro atoms. The quantitative estimate of drug-likeness (QED) is 0.470. The van der Waals surface area contributed by atoms with Crippen molar-refractivity contribution in [2.45, 2.75) is 6.92 Å². The zero-order chi connectivity index (χ0) is 20.9. The topological polar surface area (TPSA) is 65.4 Å². The first-order chi connectivity index (χ1) is 14.7. The second kappa shape index (κ2) is 8.69. The van der Waals surface area contributed by atoms with E-state index >= 15 is 0 Å². The summed E-state index contributed by atoms with van der Waals surface area (Å²) in [5.41, 5.74) is 2.42. The first-order valence-electron chi connectivity index (χ1n) is 9.76. The normalized spacial score (nSPS) is 10.7. The van der Waals surface area contributed by atoms with Gasteiger partial charge in [0.15, 0.2) is 11.5 Å². The van der Waals surface area contributed by atoms with Gasteiger partial charge in [0, 0.05) is 0 Å². The lowest BCUT2D eigenvalue weighted by atomic mass is 10.2. The van der Waals surface area contributed by atoms with E-state index in [4.69, 9.17) is 9.47 Å². The van der Waals surface area contributed by atoms with Crippen LogP contribution in [0.2, 0.25) is 0 Å². The number of para-hydroxylation sites is 3. The van der Waals surface area contributed by atoms with E-state index in [9.17, 15) is 4.79 Å². The third-order valence-electron chi connectivity index (χ3n) is 4.78. The molecule has 1 N–H and O–H groups in total. The van der Waals surface area contributed by atoms with Crippen LogP contribution in [0.1, 0.15) is 5.56 Å². The van der Waals surface area contributed by atoms with Crippen molar-refractivity contribution in [1.29, 1.82) is 0 Å². The van der Waals surface area contributed by atoms with Gasteiger partial charge in [0.1, 0.15) is 6.61 Å². The molecular weight excluding hydrogens is 378 g/mol. The molecule has 4 aromatic rings. The Balaban J connectivity index is 1.61. The molecule has 1 heterocycles. The number of ether oxygens (including phenoxy) is 2. The third kappa shape index (κ3) is 3.98. The Morgan fingerprint density at radius 2 is 1.63 bits per heavy atom. The molecule has 6 nitrogen and oxygen atoms in total. The molecule has 0 aliphatic rings. The summed E-state index contributed by atoms with van der Waals surface area (Å²) in [5, 5.41) is 3.83. The maximum Gasteiger partial charge on any atom is 0.267 e. The highest BCUT2D eigenvalue weighted by atomic mass is 16.5. The highest BCUT2D eigenvalue weighted by Gasteiger charge is 2.12. The summed E-state index contributed by atoms with van der Waals surface area (Å²) in [7, 11) is 1.61.